The number of nitrogens with zero attached hydrogens (tertiary/aromatic N) is 2. The molecule has 1 heterocycles. The third-order valence-electron chi connectivity index (χ3n) is 7.46. The fourth-order valence-electron chi connectivity index (χ4n) is 6.10. The van der Waals surface area contributed by atoms with Gasteiger partial charge < -0.3 is 15.1 Å². The number of nitrogens with one attached hydrogen (secondary N) is 1. The van der Waals surface area contributed by atoms with Gasteiger partial charge in [-0.2, -0.15) is 0 Å². The fourth-order valence-corrected chi connectivity index (χ4v) is 7.23. The van der Waals surface area contributed by atoms with Crippen molar-refractivity contribution in [2.24, 2.45) is 11.8 Å². The second kappa shape index (κ2) is 8.82. The van der Waals surface area contributed by atoms with Crippen molar-refractivity contribution in [1.82, 2.24) is 15.1 Å². The molecule has 3 rings (SSSR count). The summed E-state index contributed by atoms with van der Waals surface area (Å²) in [6.45, 7) is 6.75. The Bertz CT molecular complexity index is 717. The molecule has 0 spiro atoms. The van der Waals surface area contributed by atoms with Gasteiger partial charge in [0, 0.05) is 32.3 Å². The number of carbonyl (C=O) groups is 2. The van der Waals surface area contributed by atoms with Gasteiger partial charge in [0.1, 0.15) is 9.84 Å². The number of rotatable bonds is 3. The average Bonchev–Trinajstić information content (AvgIpc) is 2.66. The number of urea groups is 1. The predicted octanol–water partition coefficient (Wildman–Crippen LogP) is 2.41. The fraction of sp³-hybridized carbons (Fsp3) is 0.905. The van der Waals surface area contributed by atoms with Gasteiger partial charge in [-0.1, -0.05) is 0 Å². The van der Waals surface area contributed by atoms with Crippen LogP contribution in [0.5, 0.6) is 0 Å². The second-order valence-electron chi connectivity index (χ2n) is 9.34. The van der Waals surface area contributed by atoms with Crippen LogP contribution in [0.25, 0.3) is 0 Å². The molecule has 2 aliphatic carbocycles. The number of piperazine rings is 1. The lowest BCUT2D eigenvalue weighted by atomic mass is 9.69. The molecule has 3 fully saturated rings. The molecule has 1 saturated heterocycles. The van der Waals surface area contributed by atoms with E-state index in [-0.39, 0.29) is 35.3 Å². The largest absolute Gasteiger partial charge is 0.338 e. The average molecular weight is 428 g/mol. The quantitative estimate of drug-likeness (QED) is 0.749. The highest BCUT2D eigenvalue weighted by molar-refractivity contribution is 7.91. The molecule has 8 heteroatoms. The maximum absolute atomic E-state index is 12.8. The van der Waals surface area contributed by atoms with E-state index in [1.54, 1.807) is 6.92 Å². The molecule has 0 bridgehead atoms. The van der Waals surface area contributed by atoms with Gasteiger partial charge in [-0.15, -0.1) is 0 Å². The molecule has 29 heavy (non-hydrogen) atoms. The van der Waals surface area contributed by atoms with E-state index in [2.05, 4.69) is 5.32 Å². The molecule has 3 aliphatic rings. The first-order valence-corrected chi connectivity index (χ1v) is 13.1. The third-order valence-corrected chi connectivity index (χ3v) is 9.14. The van der Waals surface area contributed by atoms with Crippen molar-refractivity contribution in [3.05, 3.63) is 0 Å². The Morgan fingerprint density at radius 3 is 2.17 bits per heavy atom. The van der Waals surface area contributed by atoms with Crippen LogP contribution in [-0.2, 0) is 14.6 Å². The van der Waals surface area contributed by atoms with E-state index in [1.165, 1.54) is 6.26 Å². The summed E-state index contributed by atoms with van der Waals surface area (Å²) in [5.74, 6) is 1.11. The van der Waals surface area contributed by atoms with Crippen molar-refractivity contribution < 1.29 is 18.0 Å². The maximum atomic E-state index is 12.8. The Hall–Kier alpha value is -1.31. The Labute approximate surface area is 175 Å². The van der Waals surface area contributed by atoms with Gasteiger partial charge >= 0.3 is 6.03 Å². The van der Waals surface area contributed by atoms with Crippen LogP contribution in [-0.4, -0.2) is 72.9 Å². The van der Waals surface area contributed by atoms with E-state index in [0.29, 0.717) is 24.9 Å². The molecule has 1 N–H and O–H groups in total. The first-order valence-electron chi connectivity index (χ1n) is 11.2. The molecule has 7 nitrogen and oxygen atoms in total. The Balaban J connectivity index is 1.73. The van der Waals surface area contributed by atoms with E-state index >= 15 is 0 Å². The van der Waals surface area contributed by atoms with Crippen LogP contribution >= 0.6 is 0 Å². The van der Waals surface area contributed by atoms with Gasteiger partial charge in [-0.05, 0) is 70.6 Å². The Morgan fingerprint density at radius 1 is 1.00 bits per heavy atom. The molecule has 0 aromatic heterocycles. The zero-order chi connectivity index (χ0) is 21.3. The van der Waals surface area contributed by atoms with E-state index in [4.69, 9.17) is 0 Å². The number of hydrogen-bond donors (Lipinski definition) is 1. The first-order chi connectivity index (χ1) is 13.6. The van der Waals surface area contributed by atoms with Crippen LogP contribution in [0.1, 0.15) is 65.7 Å². The van der Waals surface area contributed by atoms with Gasteiger partial charge in [0.15, 0.2) is 0 Å². The minimum atomic E-state index is -2.95. The van der Waals surface area contributed by atoms with Gasteiger partial charge in [-0.25, -0.2) is 13.2 Å². The van der Waals surface area contributed by atoms with E-state index in [0.717, 1.165) is 44.9 Å². The normalized spacial score (nSPS) is 35.7. The van der Waals surface area contributed by atoms with Crippen LogP contribution < -0.4 is 5.32 Å². The highest BCUT2D eigenvalue weighted by Crippen LogP contribution is 2.43. The van der Waals surface area contributed by atoms with Gasteiger partial charge in [0.2, 0.25) is 5.91 Å². The summed E-state index contributed by atoms with van der Waals surface area (Å²) < 4.78 is 23.8. The van der Waals surface area contributed by atoms with E-state index in [9.17, 15) is 18.0 Å². The molecule has 0 aromatic rings. The summed E-state index contributed by atoms with van der Waals surface area (Å²) in [6, 6.07) is 0.132. The van der Waals surface area contributed by atoms with Crippen molar-refractivity contribution in [3.8, 4) is 0 Å². The molecular formula is C21H37N3O4S. The summed E-state index contributed by atoms with van der Waals surface area (Å²) in [5, 5.41) is 2.76. The smallest absolute Gasteiger partial charge is 0.317 e. The van der Waals surface area contributed by atoms with Crippen LogP contribution in [0.2, 0.25) is 0 Å². The number of sulfone groups is 1. The van der Waals surface area contributed by atoms with Gasteiger partial charge in [0.25, 0.3) is 0 Å². The number of amides is 3. The highest BCUT2D eigenvalue weighted by atomic mass is 32.2. The lowest BCUT2D eigenvalue weighted by molar-refractivity contribution is -0.141. The van der Waals surface area contributed by atoms with Crippen molar-refractivity contribution >= 4 is 21.8 Å². The Kier molecular flexibility index (Phi) is 6.81. The van der Waals surface area contributed by atoms with Crippen molar-refractivity contribution in [3.63, 3.8) is 0 Å². The molecule has 3 unspecified atom stereocenters. The number of hydrogen-bond acceptors (Lipinski definition) is 4. The SMILES string of the molecule is CCNC(=O)N1C[C@H](C)N(C(C)=O)C2CCC(C3CCC(S(C)(=O)=O)CC3)CC21. The zero-order valence-corrected chi connectivity index (χ0v) is 19.1. The summed E-state index contributed by atoms with van der Waals surface area (Å²) in [5.41, 5.74) is 0. The molecule has 1 aliphatic heterocycles. The molecule has 4 atom stereocenters. The highest BCUT2D eigenvalue weighted by Gasteiger charge is 2.47. The first kappa shape index (κ1) is 22.4. The van der Waals surface area contributed by atoms with E-state index < -0.39 is 9.84 Å². The van der Waals surface area contributed by atoms with Crippen molar-refractivity contribution in [1.29, 1.82) is 0 Å². The lowest BCUT2D eigenvalue weighted by Gasteiger charge is -2.54. The minimum Gasteiger partial charge on any atom is -0.338 e. The summed E-state index contributed by atoms with van der Waals surface area (Å²) in [7, 11) is -2.95. The molecular weight excluding hydrogens is 390 g/mol. The van der Waals surface area contributed by atoms with Crippen LogP contribution in [0.15, 0.2) is 0 Å². The number of fused-ring (bicyclic) bond motifs is 1. The van der Waals surface area contributed by atoms with Gasteiger partial charge in [-0.3, -0.25) is 4.79 Å². The van der Waals surface area contributed by atoms with Gasteiger partial charge in [0.05, 0.1) is 17.3 Å². The van der Waals surface area contributed by atoms with E-state index in [1.807, 2.05) is 23.6 Å². The summed E-state index contributed by atoms with van der Waals surface area (Å²) in [6.07, 6.45) is 7.65. The number of carbonyl (C=O) groups excluding carboxylic acids is 2. The lowest BCUT2D eigenvalue weighted by Crippen LogP contribution is -2.68. The topological polar surface area (TPSA) is 86.8 Å². The third kappa shape index (κ3) is 4.72. The monoisotopic (exact) mass is 427 g/mol. The zero-order valence-electron chi connectivity index (χ0n) is 18.3. The molecule has 3 amide bonds. The minimum absolute atomic E-state index is 0.0260. The van der Waals surface area contributed by atoms with Crippen LogP contribution in [0.4, 0.5) is 4.79 Å². The molecule has 2 saturated carbocycles. The van der Waals surface area contributed by atoms with Crippen LogP contribution in [0.3, 0.4) is 0 Å². The molecule has 0 radical (unpaired) electrons. The summed E-state index contributed by atoms with van der Waals surface area (Å²) >= 11 is 0. The van der Waals surface area contributed by atoms with Crippen molar-refractivity contribution in [2.45, 2.75) is 89.1 Å². The van der Waals surface area contributed by atoms with Crippen molar-refractivity contribution in [2.75, 3.05) is 19.3 Å². The summed E-state index contributed by atoms with van der Waals surface area (Å²) in [4.78, 5) is 29.0. The van der Waals surface area contributed by atoms with Crippen LogP contribution in [0, 0.1) is 11.8 Å². The molecule has 166 valence electrons. The maximum Gasteiger partial charge on any atom is 0.317 e. The standard InChI is InChI=1S/C21H37N3O4S/c1-5-22-21(26)23-13-14(2)24(15(3)25)19-11-8-17(12-20(19)23)16-6-9-18(10-7-16)29(4,27)28/h14,16-20H,5-13H2,1-4H3,(H,22,26)/t14-,16?,17?,18?,19?,20?/m0/s1. The Morgan fingerprint density at radius 2 is 1.62 bits per heavy atom. The second-order valence-corrected chi connectivity index (χ2v) is 11.7. The predicted molar refractivity (Wildman–Crippen MR) is 113 cm³/mol. The molecule has 0 aromatic carbocycles.